The molecule has 2 N–H and O–H groups in total. The maximum Gasteiger partial charge on any atom is 0.250 e. The normalized spacial score (nSPS) is 12.5. The van der Waals surface area contributed by atoms with Gasteiger partial charge in [0.1, 0.15) is 12.4 Å². The Hall–Kier alpha value is -2.31. The van der Waals surface area contributed by atoms with Gasteiger partial charge in [0.05, 0.1) is 5.57 Å². The number of aryl methyl sites for hydroxylation is 1. The van der Waals surface area contributed by atoms with Gasteiger partial charge >= 0.3 is 0 Å². The molecule has 2 amide bonds. The van der Waals surface area contributed by atoms with E-state index >= 15 is 0 Å². The lowest BCUT2D eigenvalue weighted by Crippen LogP contribution is -2.31. The Morgan fingerprint density at radius 2 is 2.04 bits per heavy atom. The van der Waals surface area contributed by atoms with Crippen LogP contribution in [-0.2, 0) is 9.59 Å². The number of rotatable bonds is 5. The predicted molar refractivity (Wildman–Crippen MR) is 110 cm³/mol. The molecule has 0 saturated heterocycles. The van der Waals surface area contributed by atoms with E-state index in [-0.39, 0.29) is 31.4 Å². The molecule has 7 heteroatoms. The minimum absolute atomic E-state index is 0.164. The van der Waals surface area contributed by atoms with Crippen LogP contribution in [0.2, 0.25) is 5.02 Å². The third-order valence-electron chi connectivity index (χ3n) is 4.09. The molecule has 27 heavy (non-hydrogen) atoms. The molecular weight excluding hydrogens is 432 g/mol. The number of nitrogens with one attached hydrogen (secondary N) is 2. The molecule has 0 saturated carbocycles. The summed E-state index contributed by atoms with van der Waals surface area (Å²) in [7, 11) is 0. The molecule has 0 atom stereocenters. The van der Waals surface area contributed by atoms with Gasteiger partial charge in [-0.2, -0.15) is 0 Å². The first kappa shape index (κ1) is 19.5. The van der Waals surface area contributed by atoms with E-state index in [1.165, 1.54) is 0 Å². The minimum Gasteiger partial charge on any atom is -0.488 e. The zero-order valence-electron chi connectivity index (χ0n) is 14.6. The Bertz CT molecular complexity index is 927. The van der Waals surface area contributed by atoms with Crippen LogP contribution in [-0.4, -0.2) is 25.0 Å². The Morgan fingerprint density at radius 1 is 1.22 bits per heavy atom. The fourth-order valence-electron chi connectivity index (χ4n) is 2.62. The monoisotopic (exact) mass is 448 g/mol. The number of fused-ring (bicyclic) bond motifs is 1. The van der Waals surface area contributed by atoms with Crippen molar-refractivity contribution in [3.8, 4) is 5.75 Å². The van der Waals surface area contributed by atoms with Crippen LogP contribution < -0.4 is 15.4 Å². The highest BCUT2D eigenvalue weighted by Crippen LogP contribution is 2.29. The summed E-state index contributed by atoms with van der Waals surface area (Å²) in [6.45, 7) is 2.34. The summed E-state index contributed by atoms with van der Waals surface area (Å²) in [4.78, 5) is 24.4. The lowest BCUT2D eigenvalue weighted by molar-refractivity contribution is -0.118. The molecule has 0 radical (unpaired) electrons. The molecule has 1 aliphatic rings. The lowest BCUT2D eigenvalue weighted by Gasteiger charge is -2.17. The zero-order valence-corrected chi connectivity index (χ0v) is 17.0. The number of ether oxygens (including phenoxy) is 1. The second kappa shape index (κ2) is 8.59. The smallest absolute Gasteiger partial charge is 0.250 e. The van der Waals surface area contributed by atoms with Gasteiger partial charge in [-0.15, -0.1) is 0 Å². The number of carbonyl (C=O) groups is 2. The van der Waals surface area contributed by atoms with Gasteiger partial charge in [0.2, 0.25) is 5.91 Å². The van der Waals surface area contributed by atoms with Crippen LogP contribution >= 0.6 is 27.5 Å². The summed E-state index contributed by atoms with van der Waals surface area (Å²) in [5, 5.41) is 6.18. The Morgan fingerprint density at radius 3 is 2.85 bits per heavy atom. The second-order valence-corrected chi connectivity index (χ2v) is 7.51. The van der Waals surface area contributed by atoms with Crippen LogP contribution in [0.5, 0.6) is 5.75 Å². The molecule has 0 fully saturated rings. The third kappa shape index (κ3) is 5.11. The highest BCUT2D eigenvalue weighted by Gasteiger charge is 2.17. The van der Waals surface area contributed by atoms with Gasteiger partial charge in [0, 0.05) is 33.7 Å². The number of halogens is 2. The summed E-state index contributed by atoms with van der Waals surface area (Å²) < 4.78 is 6.46. The number of amides is 2. The Kier molecular flexibility index (Phi) is 6.19. The van der Waals surface area contributed by atoms with Gasteiger partial charge in [0.15, 0.2) is 0 Å². The van der Waals surface area contributed by atoms with Gasteiger partial charge in [0.25, 0.3) is 5.91 Å². The second-order valence-electron chi connectivity index (χ2n) is 6.15. The molecule has 2 aromatic carbocycles. The molecule has 0 aliphatic carbocycles. The van der Waals surface area contributed by atoms with Crippen molar-refractivity contribution in [3.05, 3.63) is 62.6 Å². The summed E-state index contributed by atoms with van der Waals surface area (Å²) in [5.41, 5.74) is 2.98. The first-order valence-electron chi connectivity index (χ1n) is 8.39. The molecule has 2 aromatic rings. The average Bonchev–Trinajstić information content (AvgIpc) is 2.64. The molecule has 0 unspecified atom stereocenters. The van der Waals surface area contributed by atoms with E-state index in [0.29, 0.717) is 16.3 Å². The van der Waals surface area contributed by atoms with Crippen molar-refractivity contribution < 1.29 is 14.3 Å². The summed E-state index contributed by atoms with van der Waals surface area (Å²) in [6.07, 6.45) is 1.93. The minimum atomic E-state index is -0.257. The number of hydrogen-bond donors (Lipinski definition) is 2. The number of anilines is 1. The third-order valence-corrected chi connectivity index (χ3v) is 4.82. The van der Waals surface area contributed by atoms with E-state index in [1.54, 1.807) is 24.3 Å². The molecule has 5 nitrogen and oxygen atoms in total. The molecule has 140 valence electrons. The molecule has 1 aliphatic heterocycles. The van der Waals surface area contributed by atoms with Crippen LogP contribution in [0.4, 0.5) is 5.69 Å². The SMILES string of the molecule is Cc1ccc(Br)cc1NC(=O)CCNC(=O)C1=Cc2cc(Cl)ccc2OC1. The van der Waals surface area contributed by atoms with E-state index in [9.17, 15) is 9.59 Å². The first-order valence-corrected chi connectivity index (χ1v) is 9.56. The van der Waals surface area contributed by atoms with E-state index < -0.39 is 0 Å². The Labute approximate surface area is 170 Å². The van der Waals surface area contributed by atoms with Gasteiger partial charge in [-0.25, -0.2) is 0 Å². The first-order chi connectivity index (χ1) is 12.9. The fourth-order valence-corrected chi connectivity index (χ4v) is 3.17. The van der Waals surface area contributed by atoms with E-state index in [4.69, 9.17) is 16.3 Å². The van der Waals surface area contributed by atoms with Crippen LogP contribution in [0.25, 0.3) is 6.08 Å². The predicted octanol–water partition coefficient (Wildman–Crippen LogP) is 4.33. The average molecular weight is 450 g/mol. The van der Waals surface area contributed by atoms with Gasteiger partial charge in [-0.05, 0) is 48.9 Å². The van der Waals surface area contributed by atoms with Crippen molar-refractivity contribution in [2.45, 2.75) is 13.3 Å². The highest BCUT2D eigenvalue weighted by atomic mass is 79.9. The molecule has 0 spiro atoms. The molecule has 0 bridgehead atoms. The zero-order chi connectivity index (χ0) is 19.4. The fraction of sp³-hybridized carbons (Fsp3) is 0.200. The number of benzene rings is 2. The van der Waals surface area contributed by atoms with E-state index in [2.05, 4.69) is 26.6 Å². The van der Waals surface area contributed by atoms with Crippen molar-refractivity contribution in [2.75, 3.05) is 18.5 Å². The molecule has 0 aromatic heterocycles. The molecule has 3 rings (SSSR count). The summed E-state index contributed by atoms with van der Waals surface area (Å²) >= 11 is 9.36. The number of hydrogen-bond acceptors (Lipinski definition) is 3. The van der Waals surface area contributed by atoms with E-state index in [0.717, 1.165) is 21.3 Å². The standard InChI is InChI=1S/C20H18BrClN2O3/c1-12-2-3-15(21)10-17(12)24-19(25)6-7-23-20(26)14-8-13-9-16(22)4-5-18(13)27-11-14/h2-5,8-10H,6-7,11H2,1H3,(H,23,26)(H,24,25). The maximum absolute atomic E-state index is 12.3. The van der Waals surface area contributed by atoms with E-state index in [1.807, 2.05) is 25.1 Å². The highest BCUT2D eigenvalue weighted by molar-refractivity contribution is 9.10. The van der Waals surface area contributed by atoms with Crippen LogP contribution in [0.3, 0.4) is 0 Å². The maximum atomic E-state index is 12.3. The summed E-state index contributed by atoms with van der Waals surface area (Å²) in [5.74, 6) is 0.272. The topological polar surface area (TPSA) is 67.4 Å². The van der Waals surface area contributed by atoms with Crippen LogP contribution in [0.15, 0.2) is 46.4 Å². The van der Waals surface area contributed by atoms with Crippen molar-refractivity contribution in [2.24, 2.45) is 0 Å². The van der Waals surface area contributed by atoms with Gasteiger partial charge in [-0.3, -0.25) is 9.59 Å². The largest absolute Gasteiger partial charge is 0.488 e. The lowest BCUT2D eigenvalue weighted by atomic mass is 10.1. The van der Waals surface area contributed by atoms with Gasteiger partial charge < -0.3 is 15.4 Å². The number of carbonyl (C=O) groups excluding carboxylic acids is 2. The summed E-state index contributed by atoms with van der Waals surface area (Å²) in [6, 6.07) is 10.9. The van der Waals surface area contributed by atoms with Gasteiger partial charge in [-0.1, -0.05) is 33.6 Å². The molecule has 1 heterocycles. The van der Waals surface area contributed by atoms with Crippen molar-refractivity contribution in [1.82, 2.24) is 5.32 Å². The molecular formula is C20H18BrClN2O3. The van der Waals surface area contributed by atoms with Crippen molar-refractivity contribution in [1.29, 1.82) is 0 Å². The van der Waals surface area contributed by atoms with Crippen LogP contribution in [0.1, 0.15) is 17.5 Å². The van der Waals surface area contributed by atoms with Crippen molar-refractivity contribution >= 4 is 51.1 Å². The van der Waals surface area contributed by atoms with Crippen LogP contribution in [0, 0.1) is 6.92 Å². The van der Waals surface area contributed by atoms with Crippen molar-refractivity contribution in [3.63, 3.8) is 0 Å². The quantitative estimate of drug-likeness (QED) is 0.714. The Balaban J connectivity index is 1.52.